The van der Waals surface area contributed by atoms with Gasteiger partial charge in [-0.15, -0.1) is 0 Å². The molecule has 4 rings (SSSR count). The molecule has 1 atom stereocenters. The first kappa shape index (κ1) is 32.6. The Morgan fingerprint density at radius 2 is 1.35 bits per heavy atom. The summed E-state index contributed by atoms with van der Waals surface area (Å²) in [6, 6.07) is 4.76. The van der Waals surface area contributed by atoms with Crippen LogP contribution in [0.3, 0.4) is 0 Å². The van der Waals surface area contributed by atoms with Crippen LogP contribution in [0.2, 0.25) is 0 Å². The number of nitrogens with zero attached hydrogens (tertiary/aromatic N) is 1. The van der Waals surface area contributed by atoms with Crippen LogP contribution in [0.25, 0.3) is 0 Å². The van der Waals surface area contributed by atoms with Crippen molar-refractivity contribution in [2.45, 2.75) is 65.4 Å². The molecule has 2 aliphatic rings. The predicted molar refractivity (Wildman–Crippen MR) is 131 cm³/mol. The van der Waals surface area contributed by atoms with Crippen molar-refractivity contribution >= 4 is 21.7 Å². The number of alkyl halides is 8. The Kier molecular flexibility index (Phi) is 8.11. The number of carbonyl (C=O) groups excluding carboxylic acids is 1. The van der Waals surface area contributed by atoms with E-state index in [1.807, 2.05) is 0 Å². The average molecular weight is 646 g/mol. The monoisotopic (exact) mass is 645 g/mol. The lowest BCUT2D eigenvalue weighted by atomic mass is 9.79. The fraction of sp³-hybridized carbons (Fsp3) is 0.481. The molecule has 1 saturated heterocycles. The normalized spacial score (nSPS) is 25.5. The van der Waals surface area contributed by atoms with Crippen LogP contribution in [0, 0.1) is 11.7 Å². The van der Waals surface area contributed by atoms with Gasteiger partial charge in [-0.2, -0.15) is 26.3 Å². The number of benzene rings is 2. The minimum absolute atomic E-state index is 0.145. The van der Waals surface area contributed by atoms with Gasteiger partial charge in [-0.25, -0.2) is 21.6 Å². The largest absolute Gasteiger partial charge is 0.481 e. The van der Waals surface area contributed by atoms with Crippen molar-refractivity contribution in [3.8, 4) is 0 Å². The number of carboxylic acids is 1. The van der Waals surface area contributed by atoms with Crippen molar-refractivity contribution in [1.82, 2.24) is 4.90 Å². The van der Waals surface area contributed by atoms with Crippen molar-refractivity contribution in [1.29, 1.82) is 0 Å². The fourth-order valence-corrected chi connectivity index (χ4v) is 7.79. The van der Waals surface area contributed by atoms with Gasteiger partial charge in [0.15, 0.2) is 15.5 Å². The Bertz CT molecular complexity index is 1470. The number of likely N-dealkylation sites (tertiary alicyclic amines) is 1. The summed E-state index contributed by atoms with van der Waals surface area (Å²) >= 11 is 0. The second-order valence-electron chi connectivity index (χ2n) is 10.7. The quantitative estimate of drug-likeness (QED) is 0.308. The molecule has 6 nitrogen and oxygen atoms in total. The van der Waals surface area contributed by atoms with Crippen LogP contribution >= 0.6 is 0 Å². The topological polar surface area (TPSA) is 91.8 Å². The number of rotatable bonds is 6. The molecule has 2 aromatic carbocycles. The van der Waals surface area contributed by atoms with Gasteiger partial charge >= 0.3 is 24.0 Å². The Morgan fingerprint density at radius 3 is 1.81 bits per heavy atom. The van der Waals surface area contributed by atoms with Crippen LogP contribution in [0.1, 0.15) is 43.2 Å². The van der Waals surface area contributed by atoms with E-state index in [1.54, 1.807) is 0 Å². The molecule has 1 aliphatic carbocycles. The van der Waals surface area contributed by atoms with Crippen molar-refractivity contribution in [2.75, 3.05) is 13.1 Å². The number of carbonyl (C=O) groups is 2. The summed E-state index contributed by atoms with van der Waals surface area (Å²) in [6.07, 6.45) is -14.6. The van der Waals surface area contributed by atoms with Gasteiger partial charge < -0.3 is 10.0 Å². The molecule has 1 amide bonds. The van der Waals surface area contributed by atoms with Gasteiger partial charge in [-0.1, -0.05) is 24.3 Å². The SMILES string of the molecule is O=C(O)[C@H]1CC[C@@](F)(C(=O)N2CC[C@](c3ccc(C(F)(C(F)(F)F)C(F)(F)F)cc3)(S(=O)(=O)c3ccc(F)cc3)C2)CC1. The summed E-state index contributed by atoms with van der Waals surface area (Å²) in [7, 11) is -4.71. The van der Waals surface area contributed by atoms with Crippen LogP contribution in [-0.4, -0.2) is 61.4 Å². The summed E-state index contributed by atoms with van der Waals surface area (Å²) in [5.41, 5.74) is -10.6. The lowest BCUT2D eigenvalue weighted by Crippen LogP contribution is -2.50. The van der Waals surface area contributed by atoms with Crippen molar-refractivity contribution < 1.29 is 62.6 Å². The van der Waals surface area contributed by atoms with E-state index in [9.17, 15) is 58.2 Å². The van der Waals surface area contributed by atoms with Crippen molar-refractivity contribution in [3.63, 3.8) is 0 Å². The van der Waals surface area contributed by atoms with Crippen LogP contribution in [0.15, 0.2) is 53.4 Å². The van der Waals surface area contributed by atoms with Gasteiger partial charge in [0, 0.05) is 18.7 Å². The summed E-state index contributed by atoms with van der Waals surface area (Å²) in [5.74, 6) is -4.03. The maximum Gasteiger partial charge on any atom is 0.435 e. The lowest BCUT2D eigenvalue weighted by molar-refractivity contribution is -0.348. The van der Waals surface area contributed by atoms with E-state index >= 15 is 4.39 Å². The van der Waals surface area contributed by atoms with E-state index in [1.165, 1.54) is 0 Å². The van der Waals surface area contributed by atoms with Gasteiger partial charge in [-0.05, 0) is 61.9 Å². The molecule has 1 aliphatic heterocycles. The summed E-state index contributed by atoms with van der Waals surface area (Å²) < 4.78 is 149. The standard InChI is InChI=1S/C27H24F9NO5S/c28-19-5-7-20(8-6-19)43(41,42)24(17-1-3-18(4-2-17)25(30,26(31,32)33)27(34,35)36)13-14-37(15-24)22(40)23(29)11-9-16(10-12-23)21(38)39/h1-8,16H,9-15H2,(H,38,39)/t16-,23-,24-/m0/s1. The summed E-state index contributed by atoms with van der Waals surface area (Å²) in [4.78, 5) is 24.9. The van der Waals surface area contributed by atoms with E-state index < -0.39 is 110 Å². The molecule has 0 unspecified atom stereocenters. The zero-order valence-electron chi connectivity index (χ0n) is 22.0. The van der Waals surface area contributed by atoms with Gasteiger partial charge in [0.2, 0.25) is 0 Å². The highest BCUT2D eigenvalue weighted by Crippen LogP contribution is 2.54. The zero-order chi connectivity index (χ0) is 32.2. The Balaban J connectivity index is 1.77. The van der Waals surface area contributed by atoms with Crippen LogP contribution in [0.4, 0.5) is 39.5 Å². The molecule has 1 saturated carbocycles. The van der Waals surface area contributed by atoms with E-state index in [-0.39, 0.29) is 25.0 Å². The molecular weight excluding hydrogens is 621 g/mol. The average Bonchev–Trinajstić information content (AvgIpc) is 3.39. The number of hydrogen-bond acceptors (Lipinski definition) is 4. The van der Waals surface area contributed by atoms with Crippen LogP contribution < -0.4 is 0 Å². The van der Waals surface area contributed by atoms with Gasteiger partial charge in [0.25, 0.3) is 5.91 Å². The summed E-state index contributed by atoms with van der Waals surface area (Å²) in [6.45, 7) is -1.20. The van der Waals surface area contributed by atoms with Crippen molar-refractivity contribution in [3.05, 3.63) is 65.5 Å². The maximum absolute atomic E-state index is 15.8. The van der Waals surface area contributed by atoms with E-state index in [4.69, 9.17) is 0 Å². The molecule has 0 radical (unpaired) electrons. The van der Waals surface area contributed by atoms with Gasteiger partial charge in [0.05, 0.1) is 10.8 Å². The molecule has 1 N–H and O–H groups in total. The number of aliphatic carboxylic acids is 1. The highest BCUT2D eigenvalue weighted by molar-refractivity contribution is 7.92. The van der Waals surface area contributed by atoms with Crippen LogP contribution in [0.5, 0.6) is 0 Å². The van der Waals surface area contributed by atoms with E-state index in [0.29, 0.717) is 12.1 Å². The van der Waals surface area contributed by atoms with E-state index in [2.05, 4.69) is 0 Å². The minimum atomic E-state index is -6.42. The molecule has 0 bridgehead atoms. The number of sulfone groups is 1. The third-order valence-electron chi connectivity index (χ3n) is 8.26. The van der Waals surface area contributed by atoms with E-state index in [0.717, 1.165) is 29.2 Å². The molecule has 0 aromatic heterocycles. The molecule has 236 valence electrons. The highest BCUT2D eigenvalue weighted by Gasteiger charge is 2.73. The maximum atomic E-state index is 15.8. The Morgan fingerprint density at radius 1 is 0.837 bits per heavy atom. The third kappa shape index (κ3) is 5.35. The molecule has 16 heteroatoms. The molecular formula is C27H24F9NO5S. The Hall–Kier alpha value is -3.30. The number of hydrogen-bond donors (Lipinski definition) is 1. The Labute approximate surface area is 239 Å². The predicted octanol–water partition coefficient (Wildman–Crippen LogP) is 6.00. The first-order valence-electron chi connectivity index (χ1n) is 12.8. The summed E-state index contributed by atoms with van der Waals surface area (Å²) in [5, 5.41) is 9.17. The molecule has 0 spiro atoms. The zero-order valence-corrected chi connectivity index (χ0v) is 22.8. The molecule has 2 aromatic rings. The second kappa shape index (κ2) is 10.7. The second-order valence-corrected chi connectivity index (χ2v) is 13.0. The first-order valence-corrected chi connectivity index (χ1v) is 14.3. The van der Waals surface area contributed by atoms with Crippen LogP contribution in [-0.2, 0) is 29.8 Å². The minimum Gasteiger partial charge on any atom is -0.481 e. The van der Waals surface area contributed by atoms with Gasteiger partial charge in [0.1, 0.15) is 10.6 Å². The molecule has 2 fully saturated rings. The van der Waals surface area contributed by atoms with Crippen molar-refractivity contribution in [2.24, 2.45) is 5.92 Å². The number of amides is 1. The molecule has 1 heterocycles. The fourth-order valence-electron chi connectivity index (χ4n) is 5.72. The molecule has 43 heavy (non-hydrogen) atoms. The first-order chi connectivity index (χ1) is 19.7. The number of halogens is 9. The lowest BCUT2D eigenvalue weighted by Gasteiger charge is -2.35. The smallest absolute Gasteiger partial charge is 0.435 e. The van der Waals surface area contributed by atoms with Gasteiger partial charge in [-0.3, -0.25) is 9.59 Å². The third-order valence-corrected chi connectivity index (χ3v) is 10.7. The highest BCUT2D eigenvalue weighted by atomic mass is 32.2. The number of carboxylic acid groups (broad SMARTS) is 1.